The van der Waals surface area contributed by atoms with Crippen LogP contribution < -0.4 is 16.4 Å². The van der Waals surface area contributed by atoms with Gasteiger partial charge in [-0.2, -0.15) is 0 Å². The number of carbonyl (C=O) groups excluding carboxylic acids is 1. The molecular formula is C28H40N4O. The smallest absolute Gasteiger partial charge is 0.226 e. The second-order valence-electron chi connectivity index (χ2n) is 10.1. The van der Waals surface area contributed by atoms with Crippen LogP contribution >= 0.6 is 0 Å². The number of nitrogens with zero attached hydrogens (tertiary/aromatic N) is 2. The van der Waals surface area contributed by atoms with Crippen LogP contribution in [0.1, 0.15) is 63.9 Å². The molecule has 1 amide bonds. The number of hydrogen-bond acceptors (Lipinski definition) is 4. The molecule has 178 valence electrons. The van der Waals surface area contributed by atoms with Gasteiger partial charge in [-0.3, -0.25) is 4.79 Å². The summed E-state index contributed by atoms with van der Waals surface area (Å²) in [4.78, 5) is 17.5. The van der Waals surface area contributed by atoms with Crippen molar-refractivity contribution >= 4 is 17.3 Å². The number of unbranched alkanes of at least 4 members (excludes halogenated alkanes) is 1. The van der Waals surface area contributed by atoms with Crippen molar-refractivity contribution in [3.63, 3.8) is 0 Å². The average molecular weight is 449 g/mol. The van der Waals surface area contributed by atoms with Crippen LogP contribution in [0.5, 0.6) is 0 Å². The molecule has 5 heteroatoms. The summed E-state index contributed by atoms with van der Waals surface area (Å²) in [6, 6.07) is 15.5. The lowest BCUT2D eigenvalue weighted by atomic mass is 9.90. The predicted molar refractivity (Wildman–Crippen MR) is 138 cm³/mol. The number of hydrogen-bond donors (Lipinski definition) is 2. The molecule has 4 rings (SSSR count). The highest BCUT2D eigenvalue weighted by Crippen LogP contribution is 2.35. The van der Waals surface area contributed by atoms with E-state index >= 15 is 0 Å². The molecule has 0 bridgehead atoms. The van der Waals surface area contributed by atoms with Gasteiger partial charge < -0.3 is 21.3 Å². The lowest BCUT2D eigenvalue weighted by molar-refractivity contribution is -0.136. The maximum atomic E-state index is 13.1. The zero-order valence-electron chi connectivity index (χ0n) is 20.3. The van der Waals surface area contributed by atoms with Crippen LogP contribution in [0.4, 0.5) is 11.4 Å². The summed E-state index contributed by atoms with van der Waals surface area (Å²) in [5.41, 5.74) is 17.9. The highest BCUT2D eigenvalue weighted by molar-refractivity contribution is 5.81. The molecule has 2 saturated carbocycles. The Bertz CT molecular complexity index is 947. The molecule has 4 N–H and O–H groups in total. The van der Waals surface area contributed by atoms with Crippen LogP contribution in [0.2, 0.25) is 0 Å². The Morgan fingerprint density at radius 1 is 1.00 bits per heavy atom. The van der Waals surface area contributed by atoms with Crippen molar-refractivity contribution in [1.82, 2.24) is 4.90 Å². The Morgan fingerprint density at radius 2 is 1.73 bits per heavy atom. The number of anilines is 2. The number of rotatable bonds is 9. The van der Waals surface area contributed by atoms with Crippen molar-refractivity contribution in [3.05, 3.63) is 48.0 Å². The summed E-state index contributed by atoms with van der Waals surface area (Å²) in [5, 5.41) is 0. The van der Waals surface area contributed by atoms with Crippen molar-refractivity contribution in [3.8, 4) is 11.1 Å². The van der Waals surface area contributed by atoms with Crippen LogP contribution in [-0.4, -0.2) is 36.5 Å². The van der Waals surface area contributed by atoms with E-state index in [4.69, 9.17) is 11.5 Å². The third kappa shape index (κ3) is 5.89. The van der Waals surface area contributed by atoms with Gasteiger partial charge in [-0.1, -0.05) is 37.6 Å². The quantitative estimate of drug-likeness (QED) is 0.518. The maximum Gasteiger partial charge on any atom is 0.226 e. The molecule has 0 saturated heterocycles. The van der Waals surface area contributed by atoms with Crippen molar-refractivity contribution in [2.45, 2.75) is 76.9 Å². The number of benzene rings is 2. The monoisotopic (exact) mass is 448 g/mol. The average Bonchev–Trinajstić information content (AvgIpc) is 3.67. The summed E-state index contributed by atoms with van der Waals surface area (Å²) in [6.07, 6.45) is 8.46. The molecule has 2 aliphatic rings. The first-order valence-electron chi connectivity index (χ1n) is 12.7. The van der Waals surface area contributed by atoms with E-state index in [1.54, 1.807) is 0 Å². The highest BCUT2D eigenvalue weighted by Gasteiger charge is 2.37. The molecule has 2 fully saturated rings. The Balaban J connectivity index is 1.51. The van der Waals surface area contributed by atoms with Crippen molar-refractivity contribution < 1.29 is 4.79 Å². The van der Waals surface area contributed by atoms with E-state index < -0.39 is 0 Å². The first kappa shape index (κ1) is 23.6. The van der Waals surface area contributed by atoms with Gasteiger partial charge in [-0.15, -0.1) is 0 Å². The number of carbonyl (C=O) groups is 1. The van der Waals surface area contributed by atoms with E-state index in [1.165, 1.54) is 12.0 Å². The summed E-state index contributed by atoms with van der Waals surface area (Å²) >= 11 is 0. The molecule has 33 heavy (non-hydrogen) atoms. The third-order valence-electron chi connectivity index (χ3n) is 7.29. The van der Waals surface area contributed by atoms with Gasteiger partial charge in [0.1, 0.15) is 0 Å². The fourth-order valence-electron chi connectivity index (χ4n) is 5.01. The molecule has 0 spiro atoms. The minimum absolute atomic E-state index is 0.237. The van der Waals surface area contributed by atoms with E-state index in [1.807, 2.05) is 0 Å². The van der Waals surface area contributed by atoms with E-state index in [0.717, 1.165) is 74.0 Å². The fraction of sp³-hybridized carbons (Fsp3) is 0.536. The second kappa shape index (κ2) is 10.6. The lowest BCUT2D eigenvalue weighted by Gasteiger charge is -2.36. The topological polar surface area (TPSA) is 75.6 Å². The SMILES string of the molecule is CCCCN(C)c1ccc(-c2cccc(CN(C(=O)C3CC3)C3CCC(N)CC3)c2)cc1N. The van der Waals surface area contributed by atoms with Gasteiger partial charge >= 0.3 is 0 Å². The predicted octanol–water partition coefficient (Wildman–Crippen LogP) is 5.18. The van der Waals surface area contributed by atoms with Crippen molar-refractivity contribution in [2.24, 2.45) is 11.7 Å². The zero-order chi connectivity index (χ0) is 23.4. The molecule has 2 aliphatic carbocycles. The molecule has 0 unspecified atom stereocenters. The number of amides is 1. The zero-order valence-corrected chi connectivity index (χ0v) is 20.3. The number of nitrogen functional groups attached to an aromatic ring is 1. The molecule has 0 aromatic heterocycles. The first-order chi connectivity index (χ1) is 16.0. The summed E-state index contributed by atoms with van der Waals surface area (Å²) in [7, 11) is 2.10. The lowest BCUT2D eigenvalue weighted by Crippen LogP contribution is -2.44. The third-order valence-corrected chi connectivity index (χ3v) is 7.29. The van der Waals surface area contributed by atoms with Crippen LogP contribution in [0.25, 0.3) is 11.1 Å². The minimum Gasteiger partial charge on any atom is -0.397 e. The second-order valence-corrected chi connectivity index (χ2v) is 10.1. The Kier molecular flexibility index (Phi) is 7.59. The van der Waals surface area contributed by atoms with Crippen LogP contribution in [-0.2, 0) is 11.3 Å². The van der Waals surface area contributed by atoms with Gasteiger partial charge in [-0.25, -0.2) is 0 Å². The highest BCUT2D eigenvalue weighted by atomic mass is 16.2. The van der Waals surface area contributed by atoms with Gasteiger partial charge in [0.05, 0.1) is 11.4 Å². The number of nitrogens with two attached hydrogens (primary N) is 2. The molecule has 0 radical (unpaired) electrons. The van der Waals surface area contributed by atoms with Crippen molar-refractivity contribution in [1.29, 1.82) is 0 Å². The fourth-order valence-corrected chi connectivity index (χ4v) is 5.01. The summed E-state index contributed by atoms with van der Waals surface area (Å²) in [6.45, 7) is 3.89. The molecule has 2 aromatic carbocycles. The van der Waals surface area contributed by atoms with Gasteiger partial charge in [0.25, 0.3) is 0 Å². The minimum atomic E-state index is 0.237. The van der Waals surface area contributed by atoms with Crippen LogP contribution in [0.15, 0.2) is 42.5 Å². The molecule has 0 heterocycles. The van der Waals surface area contributed by atoms with E-state index in [2.05, 4.69) is 66.2 Å². The van der Waals surface area contributed by atoms with Gasteiger partial charge in [0.15, 0.2) is 0 Å². The van der Waals surface area contributed by atoms with Gasteiger partial charge in [-0.05, 0) is 79.8 Å². The van der Waals surface area contributed by atoms with Crippen molar-refractivity contribution in [2.75, 3.05) is 24.2 Å². The Morgan fingerprint density at radius 3 is 2.39 bits per heavy atom. The molecular weight excluding hydrogens is 408 g/mol. The standard InChI is InChI=1S/C28H40N4O/c1-3-4-16-31(2)27-15-10-23(18-26(27)30)22-7-5-6-20(17-22)19-32(28(33)21-8-9-21)25-13-11-24(29)12-14-25/h5-7,10,15,17-18,21,24-25H,3-4,8-9,11-14,16,19,29-30H2,1-2H3. The van der Waals surface area contributed by atoms with Gasteiger partial charge in [0.2, 0.25) is 5.91 Å². The first-order valence-corrected chi connectivity index (χ1v) is 12.7. The summed E-state index contributed by atoms with van der Waals surface area (Å²) < 4.78 is 0. The van der Waals surface area contributed by atoms with Crippen LogP contribution in [0.3, 0.4) is 0 Å². The molecule has 0 atom stereocenters. The van der Waals surface area contributed by atoms with Crippen LogP contribution in [0, 0.1) is 5.92 Å². The van der Waals surface area contributed by atoms with E-state index in [9.17, 15) is 4.79 Å². The molecule has 5 nitrogen and oxygen atoms in total. The van der Waals surface area contributed by atoms with E-state index in [-0.39, 0.29) is 12.0 Å². The van der Waals surface area contributed by atoms with E-state index in [0.29, 0.717) is 18.5 Å². The Labute approximate surface area is 199 Å². The Hall–Kier alpha value is -2.53. The molecule has 0 aliphatic heterocycles. The largest absolute Gasteiger partial charge is 0.397 e. The maximum absolute atomic E-state index is 13.1. The normalized spacial score (nSPS) is 20.5. The summed E-state index contributed by atoms with van der Waals surface area (Å²) in [5.74, 6) is 0.574. The van der Waals surface area contributed by atoms with Gasteiger partial charge in [0, 0.05) is 38.1 Å². The molecule has 2 aromatic rings.